The van der Waals surface area contributed by atoms with Gasteiger partial charge in [0.05, 0.1) is 12.6 Å². The van der Waals surface area contributed by atoms with E-state index in [2.05, 4.69) is 16.0 Å². The third kappa shape index (κ3) is 8.27. The fourth-order valence-electron chi connectivity index (χ4n) is 2.98. The Balaban J connectivity index is 2.85. The van der Waals surface area contributed by atoms with Crippen LogP contribution in [0.2, 0.25) is 0 Å². The van der Waals surface area contributed by atoms with Crippen molar-refractivity contribution in [1.82, 2.24) is 16.0 Å². The molecule has 0 radical (unpaired) electrons. The maximum atomic E-state index is 12.9. The van der Waals surface area contributed by atoms with Gasteiger partial charge < -0.3 is 31.9 Å². The number of hydrogen-bond donors (Lipinski definition) is 6. The number of amides is 3. The van der Waals surface area contributed by atoms with Crippen molar-refractivity contribution in [3.05, 3.63) is 35.9 Å². The van der Waals surface area contributed by atoms with E-state index in [4.69, 9.17) is 15.9 Å². The van der Waals surface area contributed by atoms with Gasteiger partial charge in [0.15, 0.2) is 0 Å². The first-order valence-corrected chi connectivity index (χ1v) is 10.5. The van der Waals surface area contributed by atoms with E-state index >= 15 is 0 Å². The highest BCUT2D eigenvalue weighted by molar-refractivity contribution is 5.94. The van der Waals surface area contributed by atoms with Gasteiger partial charge in [-0.3, -0.25) is 14.4 Å². The molecule has 4 atom stereocenters. The summed E-state index contributed by atoms with van der Waals surface area (Å²) in [4.78, 5) is 49.1. The summed E-state index contributed by atoms with van der Waals surface area (Å²) in [6, 6.07) is 4.87. The van der Waals surface area contributed by atoms with Gasteiger partial charge in [-0.15, -0.1) is 0 Å². The van der Waals surface area contributed by atoms with E-state index in [9.17, 15) is 19.2 Å². The summed E-state index contributed by atoms with van der Waals surface area (Å²) >= 11 is 0. The van der Waals surface area contributed by atoms with Gasteiger partial charge in [-0.2, -0.15) is 0 Å². The molecule has 0 saturated heterocycles. The van der Waals surface area contributed by atoms with Crippen molar-refractivity contribution in [2.75, 3.05) is 6.61 Å². The normalized spacial score (nSPS) is 14.9. The Labute approximate surface area is 187 Å². The predicted molar refractivity (Wildman–Crippen MR) is 118 cm³/mol. The van der Waals surface area contributed by atoms with Gasteiger partial charge in [-0.25, -0.2) is 4.79 Å². The van der Waals surface area contributed by atoms with Crippen molar-refractivity contribution in [2.24, 2.45) is 17.6 Å². The number of nitrogens with two attached hydrogens (primary N) is 1. The van der Waals surface area contributed by atoms with Gasteiger partial charge in [0.1, 0.15) is 18.1 Å². The fourth-order valence-corrected chi connectivity index (χ4v) is 2.98. The minimum atomic E-state index is -1.49. The zero-order valence-corrected chi connectivity index (χ0v) is 18.9. The number of benzene rings is 1. The SMILES string of the molecule is CC(C)C(NC(=O)C(N)Cc1ccccc1)C(=O)NC(C(=O)NC(CO)C(=O)O)C(C)C. The van der Waals surface area contributed by atoms with Crippen LogP contribution < -0.4 is 21.7 Å². The molecule has 0 aliphatic heterocycles. The van der Waals surface area contributed by atoms with Crippen molar-refractivity contribution in [2.45, 2.75) is 58.3 Å². The molecule has 0 aliphatic carbocycles. The summed E-state index contributed by atoms with van der Waals surface area (Å²) < 4.78 is 0. The average Bonchev–Trinajstić information content (AvgIpc) is 2.73. The Hall–Kier alpha value is -2.98. The van der Waals surface area contributed by atoms with Gasteiger partial charge >= 0.3 is 5.97 Å². The van der Waals surface area contributed by atoms with Crippen LogP contribution in [0, 0.1) is 11.8 Å². The van der Waals surface area contributed by atoms with Crippen LogP contribution >= 0.6 is 0 Å². The average molecular weight is 451 g/mol. The zero-order valence-electron chi connectivity index (χ0n) is 18.9. The molecule has 0 fully saturated rings. The molecular weight excluding hydrogens is 416 g/mol. The van der Waals surface area contributed by atoms with Crippen molar-refractivity contribution in [3.8, 4) is 0 Å². The molecule has 3 amide bonds. The molecule has 1 aromatic carbocycles. The molecule has 10 nitrogen and oxygen atoms in total. The molecule has 0 aromatic heterocycles. The number of hydrogen-bond acceptors (Lipinski definition) is 6. The minimum Gasteiger partial charge on any atom is -0.480 e. The smallest absolute Gasteiger partial charge is 0.328 e. The number of aliphatic carboxylic acids is 1. The van der Waals surface area contributed by atoms with Crippen LogP contribution in [0.4, 0.5) is 0 Å². The van der Waals surface area contributed by atoms with Crippen LogP contribution in [0.15, 0.2) is 30.3 Å². The molecular formula is C22H34N4O6. The summed E-state index contributed by atoms with van der Waals surface area (Å²) in [5.74, 6) is -3.91. The summed E-state index contributed by atoms with van der Waals surface area (Å²) in [7, 11) is 0. The number of carbonyl (C=O) groups excluding carboxylic acids is 3. The highest BCUT2D eigenvalue weighted by atomic mass is 16.4. The van der Waals surface area contributed by atoms with Crippen LogP contribution in [0.25, 0.3) is 0 Å². The standard InChI is InChI=1S/C22H34N4O6/c1-12(2)17(20(29)24-16(11-27)22(31)32)26-21(30)18(13(3)4)25-19(28)15(23)10-14-8-6-5-7-9-14/h5-9,12-13,15-18,27H,10-11,23H2,1-4H3,(H,24,29)(H,25,28)(H,26,30)(H,31,32). The van der Waals surface area contributed by atoms with Crippen molar-refractivity contribution >= 4 is 23.7 Å². The van der Waals surface area contributed by atoms with E-state index in [-0.39, 0.29) is 11.8 Å². The Morgan fingerprint density at radius 2 is 1.31 bits per heavy atom. The summed E-state index contributed by atoms with van der Waals surface area (Å²) in [5.41, 5.74) is 6.89. The first-order chi connectivity index (χ1) is 15.0. The molecule has 178 valence electrons. The Morgan fingerprint density at radius 3 is 1.75 bits per heavy atom. The number of aliphatic hydroxyl groups is 1. The van der Waals surface area contributed by atoms with Crippen LogP contribution in [0.1, 0.15) is 33.3 Å². The number of aliphatic hydroxyl groups excluding tert-OH is 1. The van der Waals surface area contributed by atoms with E-state index < -0.39 is 54.5 Å². The first-order valence-electron chi connectivity index (χ1n) is 10.5. The summed E-state index contributed by atoms with van der Waals surface area (Å²) in [5, 5.41) is 25.6. The summed E-state index contributed by atoms with van der Waals surface area (Å²) in [6.45, 7) is 6.05. The molecule has 0 aliphatic rings. The number of carboxylic acids is 1. The zero-order chi connectivity index (χ0) is 24.4. The number of rotatable bonds is 12. The molecule has 0 heterocycles. The quantitative estimate of drug-likeness (QED) is 0.247. The lowest BCUT2D eigenvalue weighted by atomic mass is 9.98. The minimum absolute atomic E-state index is 0.299. The Morgan fingerprint density at radius 1 is 0.844 bits per heavy atom. The third-order valence-electron chi connectivity index (χ3n) is 4.93. The van der Waals surface area contributed by atoms with E-state index in [0.29, 0.717) is 6.42 Å². The molecule has 0 bridgehead atoms. The second-order valence-electron chi connectivity index (χ2n) is 8.34. The van der Waals surface area contributed by atoms with Crippen molar-refractivity contribution in [3.63, 3.8) is 0 Å². The lowest BCUT2D eigenvalue weighted by molar-refractivity contribution is -0.143. The second kappa shape index (κ2) is 12.8. The molecule has 1 aromatic rings. The van der Waals surface area contributed by atoms with E-state index in [1.165, 1.54) is 0 Å². The van der Waals surface area contributed by atoms with Crippen molar-refractivity contribution in [1.29, 1.82) is 0 Å². The molecule has 1 rings (SSSR count). The first kappa shape index (κ1) is 27.1. The lowest BCUT2D eigenvalue weighted by Crippen LogP contribution is -2.60. The topological polar surface area (TPSA) is 171 Å². The predicted octanol–water partition coefficient (Wildman–Crippen LogP) is -0.600. The van der Waals surface area contributed by atoms with Crippen LogP contribution in [-0.2, 0) is 25.6 Å². The summed E-state index contributed by atoms with van der Waals surface area (Å²) in [6.07, 6.45) is 0.299. The number of carbonyl (C=O) groups is 4. The highest BCUT2D eigenvalue weighted by Crippen LogP contribution is 2.08. The van der Waals surface area contributed by atoms with Gasteiger partial charge in [0.25, 0.3) is 0 Å². The number of nitrogens with one attached hydrogen (secondary N) is 3. The highest BCUT2D eigenvalue weighted by Gasteiger charge is 2.32. The Bertz CT molecular complexity index is 784. The van der Waals surface area contributed by atoms with Gasteiger partial charge in [-0.05, 0) is 23.8 Å². The Kier molecular flexibility index (Phi) is 10.8. The van der Waals surface area contributed by atoms with Gasteiger partial charge in [-0.1, -0.05) is 58.0 Å². The van der Waals surface area contributed by atoms with E-state index in [1.807, 2.05) is 30.3 Å². The molecule has 10 heteroatoms. The van der Waals surface area contributed by atoms with Gasteiger partial charge in [0, 0.05) is 0 Å². The molecule has 0 saturated carbocycles. The maximum Gasteiger partial charge on any atom is 0.328 e. The maximum absolute atomic E-state index is 12.9. The van der Waals surface area contributed by atoms with E-state index in [0.717, 1.165) is 5.56 Å². The molecule has 32 heavy (non-hydrogen) atoms. The molecule has 4 unspecified atom stereocenters. The lowest BCUT2D eigenvalue weighted by Gasteiger charge is -2.28. The third-order valence-corrected chi connectivity index (χ3v) is 4.93. The number of carboxylic acid groups (broad SMARTS) is 1. The van der Waals surface area contributed by atoms with Crippen LogP contribution in [-0.4, -0.2) is 64.7 Å². The fraction of sp³-hybridized carbons (Fsp3) is 0.545. The van der Waals surface area contributed by atoms with E-state index in [1.54, 1.807) is 27.7 Å². The second-order valence-corrected chi connectivity index (χ2v) is 8.34. The molecule has 0 spiro atoms. The van der Waals surface area contributed by atoms with Crippen molar-refractivity contribution < 1.29 is 29.4 Å². The van der Waals surface area contributed by atoms with Gasteiger partial charge in [0.2, 0.25) is 17.7 Å². The van der Waals surface area contributed by atoms with Crippen LogP contribution in [0.3, 0.4) is 0 Å². The molecule has 7 N–H and O–H groups in total. The monoisotopic (exact) mass is 450 g/mol. The van der Waals surface area contributed by atoms with Crippen LogP contribution in [0.5, 0.6) is 0 Å². The largest absolute Gasteiger partial charge is 0.480 e.